The molecule has 0 heterocycles. The van der Waals surface area contributed by atoms with Gasteiger partial charge in [-0.1, -0.05) is 97.9 Å². The molecular weight excluding hydrogens is 362 g/mol. The lowest BCUT2D eigenvalue weighted by atomic mass is 9.76. The van der Waals surface area contributed by atoms with Gasteiger partial charge in [0.2, 0.25) is 5.91 Å². The first-order valence-electron chi connectivity index (χ1n) is 9.63. The maximum atomic E-state index is 13.1. The lowest BCUT2D eigenvalue weighted by Gasteiger charge is -2.37. The lowest BCUT2D eigenvalue weighted by Crippen LogP contribution is -2.48. The Labute approximate surface area is 171 Å². The smallest absolute Gasteiger partial charge is 0.308 e. The van der Waals surface area contributed by atoms with Crippen LogP contribution in [-0.2, 0) is 19.9 Å². The van der Waals surface area contributed by atoms with E-state index in [-0.39, 0.29) is 12.3 Å². The normalized spacial score (nSPS) is 12.1. The molecular formula is C25H25NO3. The minimum atomic E-state index is -0.878. The van der Waals surface area contributed by atoms with Crippen LogP contribution in [0.5, 0.6) is 0 Å². The molecule has 29 heavy (non-hydrogen) atoms. The van der Waals surface area contributed by atoms with Crippen LogP contribution in [0.3, 0.4) is 0 Å². The topological polar surface area (TPSA) is 55.4 Å². The maximum Gasteiger partial charge on any atom is 0.308 e. The second-order valence-corrected chi connectivity index (χ2v) is 7.02. The van der Waals surface area contributed by atoms with E-state index in [2.05, 4.69) is 5.32 Å². The van der Waals surface area contributed by atoms with Gasteiger partial charge in [0.1, 0.15) is 5.54 Å². The monoisotopic (exact) mass is 387 g/mol. The third kappa shape index (κ3) is 4.37. The molecule has 0 saturated carbocycles. The van der Waals surface area contributed by atoms with Crippen molar-refractivity contribution in [2.24, 2.45) is 5.92 Å². The number of esters is 1. The van der Waals surface area contributed by atoms with E-state index in [4.69, 9.17) is 4.74 Å². The summed E-state index contributed by atoms with van der Waals surface area (Å²) in [7, 11) is 1.33. The predicted octanol–water partition coefficient (Wildman–Crippen LogP) is 4.29. The summed E-state index contributed by atoms with van der Waals surface area (Å²) in [6.07, 6.45) is 0.0426. The van der Waals surface area contributed by atoms with Crippen LogP contribution < -0.4 is 5.32 Å². The SMILES string of the molecule is COC(=O)[C@@H](C)CC(=O)NC(c1ccccc1)(c1ccccc1)c1ccccc1. The van der Waals surface area contributed by atoms with Crippen LogP contribution in [0.15, 0.2) is 91.0 Å². The van der Waals surface area contributed by atoms with Crippen LogP contribution in [-0.4, -0.2) is 19.0 Å². The van der Waals surface area contributed by atoms with Crippen molar-refractivity contribution in [2.75, 3.05) is 7.11 Å². The molecule has 0 aliphatic heterocycles. The molecule has 0 bridgehead atoms. The van der Waals surface area contributed by atoms with Gasteiger partial charge in [0.05, 0.1) is 13.0 Å². The van der Waals surface area contributed by atoms with Crippen LogP contribution >= 0.6 is 0 Å². The van der Waals surface area contributed by atoms with Gasteiger partial charge in [0, 0.05) is 6.42 Å². The molecule has 0 saturated heterocycles. The highest BCUT2D eigenvalue weighted by Gasteiger charge is 2.38. The minimum Gasteiger partial charge on any atom is -0.469 e. The van der Waals surface area contributed by atoms with Gasteiger partial charge in [-0.25, -0.2) is 0 Å². The van der Waals surface area contributed by atoms with Gasteiger partial charge in [-0.05, 0) is 16.7 Å². The van der Waals surface area contributed by atoms with Crippen molar-refractivity contribution in [2.45, 2.75) is 18.9 Å². The van der Waals surface area contributed by atoms with E-state index in [1.807, 2.05) is 91.0 Å². The molecule has 3 rings (SSSR count). The number of carbonyl (C=O) groups excluding carboxylic acids is 2. The fourth-order valence-corrected chi connectivity index (χ4v) is 3.60. The fourth-order valence-electron chi connectivity index (χ4n) is 3.60. The van der Waals surface area contributed by atoms with E-state index in [0.717, 1.165) is 16.7 Å². The third-order valence-corrected chi connectivity index (χ3v) is 5.04. The van der Waals surface area contributed by atoms with Crippen molar-refractivity contribution in [3.63, 3.8) is 0 Å². The van der Waals surface area contributed by atoms with E-state index in [1.54, 1.807) is 6.92 Å². The number of nitrogens with one attached hydrogen (secondary N) is 1. The Morgan fingerprint density at radius 1 is 0.793 bits per heavy atom. The zero-order valence-electron chi connectivity index (χ0n) is 16.7. The Balaban J connectivity index is 2.12. The highest BCUT2D eigenvalue weighted by atomic mass is 16.5. The molecule has 148 valence electrons. The van der Waals surface area contributed by atoms with Crippen molar-refractivity contribution < 1.29 is 14.3 Å². The van der Waals surface area contributed by atoms with Gasteiger partial charge in [-0.15, -0.1) is 0 Å². The van der Waals surface area contributed by atoms with E-state index in [9.17, 15) is 9.59 Å². The zero-order valence-corrected chi connectivity index (χ0v) is 16.7. The van der Waals surface area contributed by atoms with Crippen molar-refractivity contribution in [3.05, 3.63) is 108 Å². The van der Waals surface area contributed by atoms with Gasteiger partial charge in [-0.3, -0.25) is 9.59 Å². The number of hydrogen-bond acceptors (Lipinski definition) is 3. The van der Waals surface area contributed by atoms with E-state index < -0.39 is 17.4 Å². The van der Waals surface area contributed by atoms with Crippen molar-refractivity contribution in [1.29, 1.82) is 0 Å². The maximum absolute atomic E-state index is 13.1. The molecule has 3 aromatic carbocycles. The van der Waals surface area contributed by atoms with Crippen LogP contribution in [0.2, 0.25) is 0 Å². The number of amides is 1. The molecule has 1 N–H and O–H groups in total. The zero-order chi connectivity index (χ0) is 20.7. The molecule has 1 amide bonds. The molecule has 0 fully saturated rings. The Kier molecular flexibility index (Phi) is 6.45. The second kappa shape index (κ2) is 9.20. The number of methoxy groups -OCH3 is 1. The fraction of sp³-hybridized carbons (Fsp3) is 0.200. The minimum absolute atomic E-state index is 0.0426. The highest BCUT2D eigenvalue weighted by Crippen LogP contribution is 2.37. The molecule has 0 aliphatic rings. The van der Waals surface area contributed by atoms with Crippen molar-refractivity contribution in [3.8, 4) is 0 Å². The van der Waals surface area contributed by atoms with E-state index in [1.165, 1.54) is 7.11 Å². The third-order valence-electron chi connectivity index (χ3n) is 5.04. The molecule has 4 heteroatoms. The van der Waals surface area contributed by atoms with Crippen molar-refractivity contribution >= 4 is 11.9 Å². The van der Waals surface area contributed by atoms with Gasteiger partial charge in [-0.2, -0.15) is 0 Å². The van der Waals surface area contributed by atoms with Gasteiger partial charge >= 0.3 is 5.97 Å². The summed E-state index contributed by atoms with van der Waals surface area (Å²) in [5.74, 6) is -1.15. The van der Waals surface area contributed by atoms with Crippen LogP contribution in [0.4, 0.5) is 0 Å². The lowest BCUT2D eigenvalue weighted by molar-refractivity contribution is -0.146. The number of carbonyl (C=O) groups is 2. The first-order chi connectivity index (χ1) is 14.1. The quantitative estimate of drug-likeness (QED) is 0.486. The second-order valence-electron chi connectivity index (χ2n) is 7.02. The molecule has 0 unspecified atom stereocenters. The summed E-state index contributed by atoms with van der Waals surface area (Å²) in [5.41, 5.74) is 1.95. The Hall–Kier alpha value is -3.40. The highest BCUT2D eigenvalue weighted by molar-refractivity contribution is 5.84. The first kappa shape index (κ1) is 20.3. The summed E-state index contributed by atoms with van der Waals surface area (Å²) >= 11 is 0. The summed E-state index contributed by atoms with van der Waals surface area (Å²) in [5, 5.41) is 3.24. The predicted molar refractivity (Wildman–Crippen MR) is 113 cm³/mol. The molecule has 0 spiro atoms. The summed E-state index contributed by atoms with van der Waals surface area (Å²) in [4.78, 5) is 24.9. The number of rotatable bonds is 7. The van der Waals surface area contributed by atoms with Crippen LogP contribution in [0, 0.1) is 5.92 Å². The molecule has 0 aliphatic carbocycles. The van der Waals surface area contributed by atoms with Crippen LogP contribution in [0.1, 0.15) is 30.0 Å². The van der Waals surface area contributed by atoms with Gasteiger partial charge < -0.3 is 10.1 Å². The van der Waals surface area contributed by atoms with E-state index in [0.29, 0.717) is 0 Å². The molecule has 0 radical (unpaired) electrons. The number of benzene rings is 3. The average molecular weight is 387 g/mol. The molecule has 0 aromatic heterocycles. The number of hydrogen-bond donors (Lipinski definition) is 1. The van der Waals surface area contributed by atoms with Gasteiger partial charge in [0.25, 0.3) is 0 Å². The summed E-state index contributed by atoms with van der Waals surface area (Å²) in [6.45, 7) is 1.70. The Morgan fingerprint density at radius 2 is 1.17 bits per heavy atom. The Morgan fingerprint density at radius 3 is 1.52 bits per heavy atom. The molecule has 1 atom stereocenters. The van der Waals surface area contributed by atoms with Crippen LogP contribution in [0.25, 0.3) is 0 Å². The van der Waals surface area contributed by atoms with E-state index >= 15 is 0 Å². The summed E-state index contributed by atoms with van der Waals surface area (Å²) in [6, 6.07) is 29.6. The Bertz CT molecular complexity index is 843. The van der Waals surface area contributed by atoms with Crippen molar-refractivity contribution in [1.82, 2.24) is 5.32 Å². The van der Waals surface area contributed by atoms with Gasteiger partial charge in [0.15, 0.2) is 0 Å². The standard InChI is InChI=1S/C25H25NO3/c1-19(24(28)29-2)18-23(27)26-25(20-12-6-3-7-13-20,21-14-8-4-9-15-21)22-16-10-5-11-17-22/h3-17,19H,18H2,1-2H3,(H,26,27)/t19-/m0/s1. The molecule has 4 nitrogen and oxygen atoms in total. The molecule has 3 aromatic rings. The number of ether oxygens (including phenoxy) is 1. The summed E-state index contributed by atoms with van der Waals surface area (Å²) < 4.78 is 4.78. The largest absolute Gasteiger partial charge is 0.469 e. The first-order valence-corrected chi connectivity index (χ1v) is 9.63. The average Bonchev–Trinajstić information content (AvgIpc) is 2.78.